The minimum atomic E-state index is -0.504. The van der Waals surface area contributed by atoms with Crippen LogP contribution >= 0.6 is 0 Å². The summed E-state index contributed by atoms with van der Waals surface area (Å²) < 4.78 is 9.90. The van der Waals surface area contributed by atoms with Crippen molar-refractivity contribution in [2.75, 3.05) is 26.3 Å². The molecule has 0 radical (unpaired) electrons. The molecule has 0 unspecified atom stereocenters. The molecule has 0 aromatic carbocycles. The van der Waals surface area contributed by atoms with Crippen LogP contribution in [0.15, 0.2) is 24.5 Å². The van der Waals surface area contributed by atoms with E-state index in [9.17, 15) is 19.2 Å². The Balaban J connectivity index is 2.03. The van der Waals surface area contributed by atoms with E-state index in [1.165, 1.54) is 0 Å². The maximum atomic E-state index is 11.8. The molecule has 166 valence electrons. The molecule has 0 spiro atoms. The van der Waals surface area contributed by atoms with Crippen LogP contribution in [0, 0.1) is 5.92 Å². The highest BCUT2D eigenvalue weighted by molar-refractivity contribution is 5.81. The number of aromatic nitrogens is 1. The van der Waals surface area contributed by atoms with Crippen LogP contribution in [-0.4, -0.2) is 55.0 Å². The average Bonchev–Trinajstić information content (AvgIpc) is 2.74. The molecule has 9 nitrogen and oxygen atoms in total. The molecule has 1 rings (SSSR count). The standard InChI is InChI=1S/C21H31N3O6/c1-3-29-21(28)16(2)8-13-23-19(26)6-7-20(27)30-15-14-24-18(25)5-4-17-9-11-22-12-10-17/h9-12,16H,3-8,13-15H2,1-2H3,(H,23,26)(H,24,25)/t16-/m1/s1. The van der Waals surface area contributed by atoms with Crippen molar-refractivity contribution >= 4 is 23.8 Å². The summed E-state index contributed by atoms with van der Waals surface area (Å²) in [5.41, 5.74) is 1.03. The van der Waals surface area contributed by atoms with E-state index in [4.69, 9.17) is 9.47 Å². The number of pyridine rings is 1. The lowest BCUT2D eigenvalue weighted by Crippen LogP contribution is -2.29. The van der Waals surface area contributed by atoms with Gasteiger partial charge in [-0.15, -0.1) is 0 Å². The van der Waals surface area contributed by atoms with E-state index in [-0.39, 0.29) is 49.7 Å². The predicted octanol–water partition coefficient (Wildman–Crippen LogP) is 1.16. The Hall–Kier alpha value is -2.97. The minimum absolute atomic E-state index is 0.00487. The van der Waals surface area contributed by atoms with Crippen LogP contribution in [0.5, 0.6) is 0 Å². The molecule has 0 aliphatic rings. The maximum Gasteiger partial charge on any atom is 0.308 e. The molecule has 0 aliphatic heterocycles. The first-order chi connectivity index (χ1) is 14.4. The normalized spacial score (nSPS) is 11.3. The molecule has 0 fully saturated rings. The Morgan fingerprint density at radius 3 is 2.33 bits per heavy atom. The van der Waals surface area contributed by atoms with Crippen molar-refractivity contribution < 1.29 is 28.7 Å². The van der Waals surface area contributed by atoms with Crippen molar-refractivity contribution in [1.29, 1.82) is 0 Å². The molecule has 1 aromatic rings. The SMILES string of the molecule is CCOC(=O)[C@H](C)CCNC(=O)CCC(=O)OCCNC(=O)CCc1ccncc1. The van der Waals surface area contributed by atoms with Crippen LogP contribution in [0.25, 0.3) is 0 Å². The summed E-state index contributed by atoms with van der Waals surface area (Å²) in [6.07, 6.45) is 4.73. The van der Waals surface area contributed by atoms with Gasteiger partial charge in [0.2, 0.25) is 11.8 Å². The Bertz CT molecular complexity index is 681. The molecule has 0 saturated carbocycles. The van der Waals surface area contributed by atoms with Crippen LogP contribution in [0.4, 0.5) is 0 Å². The quantitative estimate of drug-likeness (QED) is 0.341. The Morgan fingerprint density at radius 2 is 1.63 bits per heavy atom. The van der Waals surface area contributed by atoms with Gasteiger partial charge >= 0.3 is 11.9 Å². The lowest BCUT2D eigenvalue weighted by Gasteiger charge is -2.11. The van der Waals surface area contributed by atoms with Crippen LogP contribution in [0.1, 0.15) is 45.1 Å². The third kappa shape index (κ3) is 11.8. The predicted molar refractivity (Wildman–Crippen MR) is 109 cm³/mol. The van der Waals surface area contributed by atoms with E-state index in [0.29, 0.717) is 32.4 Å². The first-order valence-electron chi connectivity index (χ1n) is 10.2. The second kappa shape index (κ2) is 14.9. The van der Waals surface area contributed by atoms with Crippen molar-refractivity contribution in [2.45, 2.75) is 46.0 Å². The van der Waals surface area contributed by atoms with E-state index in [2.05, 4.69) is 15.6 Å². The number of aryl methyl sites for hydroxylation is 1. The van der Waals surface area contributed by atoms with Gasteiger partial charge in [0, 0.05) is 31.8 Å². The number of rotatable bonds is 14. The molecule has 0 saturated heterocycles. The highest BCUT2D eigenvalue weighted by Crippen LogP contribution is 2.04. The molecule has 0 aliphatic carbocycles. The molecule has 0 bridgehead atoms. The zero-order chi connectivity index (χ0) is 22.2. The van der Waals surface area contributed by atoms with Gasteiger partial charge < -0.3 is 20.1 Å². The number of ether oxygens (including phenoxy) is 2. The van der Waals surface area contributed by atoms with Crippen LogP contribution in [0.2, 0.25) is 0 Å². The maximum absolute atomic E-state index is 11.8. The number of carbonyl (C=O) groups excluding carboxylic acids is 4. The molecule has 2 amide bonds. The Morgan fingerprint density at radius 1 is 0.967 bits per heavy atom. The third-order valence-electron chi connectivity index (χ3n) is 4.22. The van der Waals surface area contributed by atoms with E-state index in [0.717, 1.165) is 5.56 Å². The molecule has 1 atom stereocenters. The van der Waals surface area contributed by atoms with Crippen LogP contribution in [0.3, 0.4) is 0 Å². The molecule has 1 aromatic heterocycles. The fraction of sp³-hybridized carbons (Fsp3) is 0.571. The number of amides is 2. The zero-order valence-electron chi connectivity index (χ0n) is 17.6. The van der Waals surface area contributed by atoms with Crippen molar-refractivity contribution in [3.63, 3.8) is 0 Å². The van der Waals surface area contributed by atoms with Gasteiger partial charge in [0.25, 0.3) is 0 Å². The lowest BCUT2D eigenvalue weighted by atomic mass is 10.1. The van der Waals surface area contributed by atoms with Gasteiger partial charge in [0.15, 0.2) is 0 Å². The fourth-order valence-electron chi connectivity index (χ4n) is 2.46. The Kier molecular flexibility index (Phi) is 12.5. The first-order valence-corrected chi connectivity index (χ1v) is 10.2. The van der Waals surface area contributed by atoms with Crippen molar-refractivity contribution in [3.05, 3.63) is 30.1 Å². The van der Waals surface area contributed by atoms with Crippen molar-refractivity contribution in [2.24, 2.45) is 5.92 Å². The van der Waals surface area contributed by atoms with Crippen molar-refractivity contribution in [1.82, 2.24) is 15.6 Å². The van der Waals surface area contributed by atoms with Gasteiger partial charge in [0.1, 0.15) is 6.61 Å². The topological polar surface area (TPSA) is 124 Å². The minimum Gasteiger partial charge on any atom is -0.466 e. The summed E-state index contributed by atoms with van der Waals surface area (Å²) in [5.74, 6) is -1.50. The summed E-state index contributed by atoms with van der Waals surface area (Å²) in [6.45, 7) is 4.41. The van der Waals surface area contributed by atoms with Crippen LogP contribution < -0.4 is 10.6 Å². The number of hydrogen-bond acceptors (Lipinski definition) is 7. The zero-order valence-corrected chi connectivity index (χ0v) is 17.6. The molecule has 1 heterocycles. The van der Waals surface area contributed by atoms with E-state index in [1.54, 1.807) is 26.2 Å². The molecular formula is C21H31N3O6. The average molecular weight is 421 g/mol. The molecular weight excluding hydrogens is 390 g/mol. The highest BCUT2D eigenvalue weighted by atomic mass is 16.5. The van der Waals surface area contributed by atoms with Gasteiger partial charge in [-0.3, -0.25) is 24.2 Å². The number of esters is 2. The van der Waals surface area contributed by atoms with Gasteiger partial charge in [-0.25, -0.2) is 0 Å². The first kappa shape index (κ1) is 25.1. The highest BCUT2D eigenvalue weighted by Gasteiger charge is 2.14. The number of carbonyl (C=O) groups is 4. The summed E-state index contributed by atoms with van der Waals surface area (Å²) in [6, 6.07) is 3.71. The van der Waals surface area contributed by atoms with Gasteiger partial charge in [0.05, 0.1) is 25.5 Å². The number of nitrogens with one attached hydrogen (secondary N) is 2. The van der Waals surface area contributed by atoms with Gasteiger partial charge in [-0.05, 0) is 37.5 Å². The van der Waals surface area contributed by atoms with E-state index < -0.39 is 5.97 Å². The number of nitrogens with zero attached hydrogens (tertiary/aromatic N) is 1. The van der Waals surface area contributed by atoms with Gasteiger partial charge in [-0.1, -0.05) is 6.92 Å². The largest absolute Gasteiger partial charge is 0.466 e. The monoisotopic (exact) mass is 421 g/mol. The Labute approximate surface area is 176 Å². The molecule has 30 heavy (non-hydrogen) atoms. The molecule has 9 heteroatoms. The van der Waals surface area contributed by atoms with Crippen LogP contribution in [-0.2, 0) is 35.1 Å². The van der Waals surface area contributed by atoms with Crippen molar-refractivity contribution in [3.8, 4) is 0 Å². The van der Waals surface area contributed by atoms with E-state index in [1.807, 2.05) is 12.1 Å². The second-order valence-electron chi connectivity index (χ2n) is 6.72. The third-order valence-corrected chi connectivity index (χ3v) is 4.22. The number of hydrogen-bond donors (Lipinski definition) is 2. The van der Waals surface area contributed by atoms with E-state index >= 15 is 0 Å². The summed E-state index contributed by atoms with van der Waals surface area (Å²) in [7, 11) is 0. The second-order valence-corrected chi connectivity index (χ2v) is 6.72. The fourth-order valence-corrected chi connectivity index (χ4v) is 2.46. The van der Waals surface area contributed by atoms with Gasteiger partial charge in [-0.2, -0.15) is 0 Å². The summed E-state index contributed by atoms with van der Waals surface area (Å²) in [5, 5.41) is 5.34. The molecule has 2 N–H and O–H groups in total. The smallest absolute Gasteiger partial charge is 0.308 e. The summed E-state index contributed by atoms with van der Waals surface area (Å²) >= 11 is 0. The summed E-state index contributed by atoms with van der Waals surface area (Å²) in [4.78, 5) is 50.6. The lowest BCUT2D eigenvalue weighted by molar-refractivity contribution is -0.147.